The highest BCUT2D eigenvalue weighted by atomic mass is 16.5. The minimum absolute atomic E-state index is 0.00684. The van der Waals surface area contributed by atoms with Crippen LogP contribution in [0.4, 0.5) is 17.1 Å². The minimum atomic E-state index is -0.986. The fraction of sp³-hybridized carbons (Fsp3) is 0.390. The van der Waals surface area contributed by atoms with Crippen LogP contribution in [-0.2, 0) is 38.7 Å². The van der Waals surface area contributed by atoms with Crippen molar-refractivity contribution in [3.05, 3.63) is 138 Å². The summed E-state index contributed by atoms with van der Waals surface area (Å²) >= 11 is 0. The number of carbonyl (C=O) groups excluding carboxylic acids is 2. The number of anilines is 3. The van der Waals surface area contributed by atoms with Crippen LogP contribution in [0, 0.1) is 0 Å². The number of carboxylic acid groups (broad SMARTS) is 2. The number of nitrogens with one attached hydrogen (secondary N) is 1. The van der Waals surface area contributed by atoms with Gasteiger partial charge in [0.05, 0.1) is 13.2 Å². The van der Waals surface area contributed by atoms with E-state index in [4.69, 9.17) is 9.47 Å². The lowest BCUT2D eigenvalue weighted by Gasteiger charge is -2.22. The molecule has 13 nitrogen and oxygen atoms in total. The molecular weight excluding hydrogens is 907 g/mol. The van der Waals surface area contributed by atoms with E-state index in [1.807, 2.05) is 54.6 Å². The summed E-state index contributed by atoms with van der Waals surface area (Å²) in [5, 5.41) is 22.0. The number of pyridine rings is 2. The molecule has 2 heterocycles. The molecule has 5 rings (SSSR count). The molecule has 0 atom stereocenters. The topological polar surface area (TPSA) is 153 Å². The normalized spacial score (nSPS) is 11.5. The summed E-state index contributed by atoms with van der Waals surface area (Å²) in [4.78, 5) is 56.9. The van der Waals surface area contributed by atoms with E-state index in [9.17, 15) is 29.4 Å². The number of ketones is 1. The number of allylic oxidation sites excluding steroid dienone is 1. The van der Waals surface area contributed by atoms with Gasteiger partial charge in [-0.2, -0.15) is 9.13 Å². The van der Waals surface area contributed by atoms with Crippen molar-refractivity contribution in [2.45, 2.75) is 112 Å². The predicted molar refractivity (Wildman–Crippen MR) is 287 cm³/mol. The molecule has 0 radical (unpaired) electrons. The van der Waals surface area contributed by atoms with Crippen molar-refractivity contribution in [1.29, 1.82) is 0 Å². The van der Waals surface area contributed by atoms with Crippen molar-refractivity contribution in [2.75, 3.05) is 54.5 Å². The van der Waals surface area contributed by atoms with E-state index in [-0.39, 0.29) is 25.3 Å². The van der Waals surface area contributed by atoms with Gasteiger partial charge in [0.25, 0.3) is 5.91 Å². The first-order valence-electron chi connectivity index (χ1n) is 25.7. The number of rotatable bonds is 31. The van der Waals surface area contributed by atoms with Crippen molar-refractivity contribution >= 4 is 64.0 Å². The van der Waals surface area contributed by atoms with E-state index in [1.165, 1.54) is 4.57 Å². The number of amides is 1. The molecule has 0 aliphatic carbocycles. The van der Waals surface area contributed by atoms with Gasteiger partial charge in [-0.3, -0.25) is 9.59 Å². The first kappa shape index (κ1) is 55.6. The van der Waals surface area contributed by atoms with Crippen LogP contribution in [-0.4, -0.2) is 73.2 Å². The molecule has 0 aliphatic heterocycles. The fourth-order valence-electron chi connectivity index (χ4n) is 8.48. The zero-order valence-electron chi connectivity index (χ0n) is 43.2. The van der Waals surface area contributed by atoms with Crippen molar-refractivity contribution < 1.29 is 48.0 Å². The summed E-state index contributed by atoms with van der Waals surface area (Å²) in [6, 6.07) is 26.2. The van der Waals surface area contributed by atoms with Crippen LogP contribution in [0.15, 0.2) is 110 Å². The highest BCUT2D eigenvalue weighted by Crippen LogP contribution is 2.33. The molecule has 13 heteroatoms. The number of unbranched alkanes of at least 4 members (excludes halogenated alkanes) is 6. The van der Waals surface area contributed by atoms with Crippen LogP contribution in [0.25, 0.3) is 23.3 Å². The van der Waals surface area contributed by atoms with E-state index >= 15 is 0 Å². The first-order chi connectivity index (χ1) is 34.9. The van der Waals surface area contributed by atoms with Crippen molar-refractivity contribution in [2.24, 2.45) is 0 Å². The molecule has 1 amide bonds. The summed E-state index contributed by atoms with van der Waals surface area (Å²) in [6.07, 6.45) is 18.6. The minimum Gasteiger partial charge on any atom is -0.493 e. The second-order valence-electron chi connectivity index (χ2n) is 17.8. The number of ether oxygens (including phenoxy) is 2. The van der Waals surface area contributed by atoms with Gasteiger partial charge < -0.3 is 34.8 Å². The molecule has 0 aliphatic rings. The largest absolute Gasteiger partial charge is 0.493 e. The van der Waals surface area contributed by atoms with Gasteiger partial charge >= 0.3 is 11.9 Å². The van der Waals surface area contributed by atoms with Crippen LogP contribution in [0.1, 0.15) is 121 Å². The monoisotopic (exact) mass is 982 g/mol. The van der Waals surface area contributed by atoms with Crippen LogP contribution < -0.4 is 33.7 Å². The Hall–Kier alpha value is -7.28. The highest BCUT2D eigenvalue weighted by Gasteiger charge is 2.21. The van der Waals surface area contributed by atoms with E-state index in [2.05, 4.69) is 56.7 Å². The summed E-state index contributed by atoms with van der Waals surface area (Å²) in [5.41, 5.74) is 6.57. The zero-order chi connectivity index (χ0) is 51.8. The average molecular weight is 982 g/mol. The molecule has 72 heavy (non-hydrogen) atoms. The molecule has 0 saturated carbocycles. The molecule has 3 aromatic carbocycles. The summed E-state index contributed by atoms with van der Waals surface area (Å²) < 4.78 is 16.0. The molecule has 0 spiro atoms. The number of benzene rings is 3. The average Bonchev–Trinajstić information content (AvgIpc) is 3.36. The number of hydrogen-bond acceptors (Lipinski definition) is 8. The molecule has 5 aromatic rings. The second-order valence-corrected chi connectivity index (χ2v) is 17.8. The first-order valence-corrected chi connectivity index (χ1v) is 25.7. The van der Waals surface area contributed by atoms with E-state index in [0.29, 0.717) is 58.2 Å². The van der Waals surface area contributed by atoms with Gasteiger partial charge in [-0.15, -0.1) is 0 Å². The van der Waals surface area contributed by atoms with Crippen LogP contribution >= 0.6 is 0 Å². The Morgan fingerprint density at radius 3 is 1.46 bits per heavy atom. The number of aromatic nitrogens is 2. The van der Waals surface area contributed by atoms with E-state index < -0.39 is 17.8 Å². The third-order valence-electron chi connectivity index (χ3n) is 12.5. The molecule has 3 N–H and O–H groups in total. The maximum atomic E-state index is 14.7. The lowest BCUT2D eigenvalue weighted by molar-refractivity contribution is -0.685. The van der Waals surface area contributed by atoms with Crippen molar-refractivity contribution in [1.82, 2.24) is 0 Å². The number of aliphatic carboxylic acids is 2. The molecule has 0 unspecified atom stereocenters. The van der Waals surface area contributed by atoms with Gasteiger partial charge in [-0.1, -0.05) is 64.5 Å². The molecule has 382 valence electrons. The Morgan fingerprint density at radius 1 is 0.556 bits per heavy atom. The van der Waals surface area contributed by atoms with Gasteiger partial charge in [-0.25, -0.2) is 9.59 Å². The van der Waals surface area contributed by atoms with Crippen LogP contribution in [0.2, 0.25) is 0 Å². The standard InChI is InChI=1S/C59H73N5O8/c1-7-13-15-17-34-71-55-40-50(63(9-3)10-4)24-22-47(55)38-52(45-26-30-61(31-27-45)42-57(66)67)54(65)37-44-20-19-21-49(36-44)60-59(70)53(46-28-32-62(33-29-46)43-58(68)69)39-48-23-25-51(64(11-5)12-6)41-56(48)72-35-18-16-14-8-2/h19-33,36,38-41H,7-18,34-35,37,42-43H2,1-6H3,(H-2,60,66,67,68,69,70)/p+2. The molecule has 2 aromatic heterocycles. The third-order valence-corrected chi connectivity index (χ3v) is 12.5. The van der Waals surface area contributed by atoms with Gasteiger partial charge in [0, 0.05) is 108 Å². The quantitative estimate of drug-likeness (QED) is 0.0222. The lowest BCUT2D eigenvalue weighted by Crippen LogP contribution is -2.37. The number of hydrogen-bond donors (Lipinski definition) is 3. The lowest BCUT2D eigenvalue weighted by atomic mass is 9.95. The van der Waals surface area contributed by atoms with E-state index in [1.54, 1.807) is 71.8 Å². The van der Waals surface area contributed by atoms with Crippen LogP contribution in [0.3, 0.4) is 0 Å². The number of carboxylic acids is 2. The second kappa shape index (κ2) is 29.2. The summed E-state index contributed by atoms with van der Waals surface area (Å²) in [6.45, 7) is 16.7. The van der Waals surface area contributed by atoms with Crippen molar-refractivity contribution in [3.63, 3.8) is 0 Å². The number of carbonyl (C=O) groups is 4. The number of Topliss-reactive ketones (excluding diaryl/α,β-unsaturated/α-hetero) is 1. The zero-order valence-corrected chi connectivity index (χ0v) is 43.2. The molecular formula is C59H75N5O8+2. The fourth-order valence-corrected chi connectivity index (χ4v) is 8.48. The Morgan fingerprint density at radius 2 is 1.01 bits per heavy atom. The van der Waals surface area contributed by atoms with Crippen molar-refractivity contribution in [3.8, 4) is 11.5 Å². The maximum absolute atomic E-state index is 14.7. The Kier molecular flexibility index (Phi) is 22.5. The molecule has 0 bridgehead atoms. The highest BCUT2D eigenvalue weighted by molar-refractivity contribution is 6.29. The Labute approximate surface area is 426 Å². The van der Waals surface area contributed by atoms with Gasteiger partial charge in [0.1, 0.15) is 11.5 Å². The summed E-state index contributed by atoms with van der Waals surface area (Å²) in [7, 11) is 0. The van der Waals surface area contributed by atoms with E-state index in [0.717, 1.165) is 100 Å². The molecule has 0 saturated heterocycles. The summed E-state index contributed by atoms with van der Waals surface area (Å²) in [5.74, 6) is -1.24. The molecule has 0 fully saturated rings. The predicted octanol–water partition coefficient (Wildman–Crippen LogP) is 10.6. The Balaban J connectivity index is 1.52. The Bertz CT molecular complexity index is 2440. The van der Waals surface area contributed by atoms with Crippen LogP contribution in [0.5, 0.6) is 11.5 Å². The SMILES string of the molecule is CCCCCCOc1cc(N(CC)CC)ccc1/C=C(\C(=O)Cc1cccc(NC(=O)/C(=C\c2ccc(N(CC)CC)cc2OCCCCCC)c2cc[n+](CC(=O)O)cc2)c1)c1cc[n+](CC(=O)O)cc1. The number of nitrogens with zero attached hydrogens (tertiary/aromatic N) is 4. The van der Waals surface area contributed by atoms with Gasteiger partial charge in [0.15, 0.2) is 30.6 Å². The maximum Gasteiger partial charge on any atom is 0.370 e. The third kappa shape index (κ3) is 17.0. The van der Waals surface area contributed by atoms with Gasteiger partial charge in [0.2, 0.25) is 13.1 Å². The smallest absolute Gasteiger partial charge is 0.370 e. The van der Waals surface area contributed by atoms with Gasteiger partial charge in [-0.05, 0) is 106 Å².